The van der Waals surface area contributed by atoms with E-state index in [1.54, 1.807) is 12.1 Å². The number of benzene rings is 3. The molecule has 3 aromatic rings. The van der Waals surface area contributed by atoms with Crippen LogP contribution in [0.4, 0.5) is 0 Å². The number of carbonyl (C=O) groups excluding carboxylic acids is 1. The Kier molecular flexibility index (Phi) is 5.00. The second-order valence-electron chi connectivity index (χ2n) is 10.6. The van der Waals surface area contributed by atoms with E-state index in [1.807, 2.05) is 30.3 Å². The van der Waals surface area contributed by atoms with E-state index in [2.05, 4.69) is 6.07 Å². The molecule has 0 unspecified atom stereocenters. The predicted octanol–water partition coefficient (Wildman–Crippen LogP) is 7.11. The Morgan fingerprint density at radius 3 is 2.09 bits per heavy atom. The van der Waals surface area contributed by atoms with Crippen LogP contribution in [0.3, 0.4) is 0 Å². The van der Waals surface area contributed by atoms with Gasteiger partial charge in [0.25, 0.3) is 0 Å². The summed E-state index contributed by atoms with van der Waals surface area (Å²) in [5.41, 5.74) is 4.09. The topological polar surface area (TPSA) is 63.6 Å². The molecule has 4 nitrogen and oxygen atoms in total. The third-order valence-electron chi connectivity index (χ3n) is 8.55. The molecule has 4 aliphatic carbocycles. The highest BCUT2D eigenvalue weighted by Crippen LogP contribution is 2.61. The van der Waals surface area contributed by atoms with Crippen molar-refractivity contribution in [2.24, 2.45) is 17.8 Å². The molecule has 0 aromatic heterocycles. The fourth-order valence-electron chi connectivity index (χ4n) is 7.53. The van der Waals surface area contributed by atoms with Gasteiger partial charge in [-0.1, -0.05) is 35.9 Å². The third kappa shape index (κ3) is 3.34. The Morgan fingerprint density at radius 2 is 1.47 bits per heavy atom. The van der Waals surface area contributed by atoms with Crippen LogP contribution in [0.5, 0.6) is 0 Å². The van der Waals surface area contributed by atoms with E-state index >= 15 is 0 Å². The molecule has 7 rings (SSSR count). The van der Waals surface area contributed by atoms with E-state index in [-0.39, 0.29) is 22.0 Å². The van der Waals surface area contributed by atoms with Crippen LogP contribution in [-0.2, 0) is 10.2 Å². The van der Waals surface area contributed by atoms with Gasteiger partial charge in [-0.15, -0.1) is 0 Å². The van der Waals surface area contributed by atoms with Crippen LogP contribution in [0.1, 0.15) is 64.8 Å². The minimum atomic E-state index is -1.03. The minimum absolute atomic E-state index is 0.0603. The highest BCUT2D eigenvalue weighted by molar-refractivity contribution is 6.38. The third-order valence-corrected chi connectivity index (χ3v) is 8.96. The van der Waals surface area contributed by atoms with Crippen LogP contribution in [0.15, 0.2) is 48.5 Å². The number of methoxy groups -OCH3 is 1. The van der Waals surface area contributed by atoms with Gasteiger partial charge in [0.1, 0.15) is 0 Å². The second kappa shape index (κ2) is 7.84. The molecule has 1 N–H and O–H groups in total. The first kappa shape index (κ1) is 21.7. The number of hydrogen-bond acceptors (Lipinski definition) is 3. The number of aromatic carboxylic acids is 1. The molecule has 174 valence electrons. The molecule has 0 amide bonds. The first-order chi connectivity index (χ1) is 16.4. The Morgan fingerprint density at radius 1 is 0.882 bits per heavy atom. The molecule has 3 aromatic carbocycles. The predicted molar refractivity (Wildman–Crippen MR) is 133 cm³/mol. The molecule has 0 radical (unpaired) electrons. The Balaban J connectivity index is 1.47. The van der Waals surface area contributed by atoms with E-state index in [9.17, 15) is 14.7 Å². The Bertz CT molecular complexity index is 1310. The lowest BCUT2D eigenvalue weighted by molar-refractivity contribution is -0.00591. The Labute approximate surface area is 203 Å². The van der Waals surface area contributed by atoms with Crippen molar-refractivity contribution in [3.63, 3.8) is 0 Å². The van der Waals surface area contributed by atoms with E-state index < -0.39 is 5.97 Å². The number of fused-ring (bicyclic) bond motifs is 1. The van der Waals surface area contributed by atoms with Crippen molar-refractivity contribution >= 4 is 34.3 Å². The first-order valence-corrected chi connectivity index (χ1v) is 12.4. The molecule has 5 heteroatoms. The maximum Gasteiger partial charge on any atom is 0.338 e. The lowest BCUT2D eigenvalue weighted by atomic mass is 9.47. The van der Waals surface area contributed by atoms with Gasteiger partial charge in [-0.2, -0.15) is 0 Å². The van der Waals surface area contributed by atoms with Gasteiger partial charge in [0.2, 0.25) is 0 Å². The smallest absolute Gasteiger partial charge is 0.338 e. The minimum Gasteiger partial charge on any atom is -0.478 e. The van der Waals surface area contributed by atoms with Crippen LogP contribution in [0, 0.1) is 17.8 Å². The van der Waals surface area contributed by atoms with E-state index in [1.165, 1.54) is 45.6 Å². The van der Waals surface area contributed by atoms with Crippen molar-refractivity contribution in [3.8, 4) is 11.1 Å². The van der Waals surface area contributed by atoms with Crippen LogP contribution in [0.25, 0.3) is 21.9 Å². The fourth-order valence-corrected chi connectivity index (χ4v) is 7.84. The van der Waals surface area contributed by atoms with E-state index in [4.69, 9.17) is 16.3 Å². The summed E-state index contributed by atoms with van der Waals surface area (Å²) in [5.74, 6) is 1.02. The number of rotatable bonds is 4. The highest BCUT2D eigenvalue weighted by atomic mass is 35.5. The van der Waals surface area contributed by atoms with Crippen molar-refractivity contribution < 1.29 is 19.4 Å². The molecular weight excluding hydrogens is 448 g/mol. The standard InChI is InChI=1S/C29H27ClO4/c1-34-28(33)23-6-3-20(12-25(23)29-13-16-8-17(14-29)10-18(9-16)15-29)19-2-5-22-21(11-19)4-7-24(26(22)30)27(31)32/h2-7,11-12,16-18H,8-10,13-15H2,1H3,(H,31,32). The molecule has 0 spiro atoms. The molecule has 34 heavy (non-hydrogen) atoms. The van der Waals surface area contributed by atoms with E-state index in [0.717, 1.165) is 45.2 Å². The van der Waals surface area contributed by atoms with Crippen molar-refractivity contribution in [3.05, 3.63) is 70.2 Å². The zero-order valence-corrected chi connectivity index (χ0v) is 19.9. The average molecular weight is 475 g/mol. The number of carboxylic acid groups (broad SMARTS) is 1. The van der Waals surface area contributed by atoms with Gasteiger partial charge < -0.3 is 9.84 Å². The molecular formula is C29H27ClO4. The van der Waals surface area contributed by atoms with Gasteiger partial charge in [-0.3, -0.25) is 0 Å². The maximum atomic E-state index is 12.8. The molecule has 4 fully saturated rings. The van der Waals surface area contributed by atoms with Crippen LogP contribution in [0.2, 0.25) is 5.02 Å². The molecule has 0 aliphatic heterocycles. The van der Waals surface area contributed by atoms with Gasteiger partial charge in [-0.05, 0) is 108 Å². The summed E-state index contributed by atoms with van der Waals surface area (Å²) < 4.78 is 5.19. The maximum absolute atomic E-state index is 12.8. The number of esters is 1. The molecule has 4 aliphatic rings. The number of carbonyl (C=O) groups is 2. The molecule has 0 atom stereocenters. The monoisotopic (exact) mass is 474 g/mol. The summed E-state index contributed by atoms with van der Waals surface area (Å²) in [6, 6.07) is 15.4. The zero-order valence-electron chi connectivity index (χ0n) is 19.1. The normalized spacial score (nSPS) is 27.2. The number of carboxylic acids is 1. The molecule has 0 saturated heterocycles. The highest BCUT2D eigenvalue weighted by Gasteiger charge is 2.52. The quantitative estimate of drug-likeness (QED) is 0.409. The largest absolute Gasteiger partial charge is 0.478 e. The van der Waals surface area contributed by atoms with Crippen LogP contribution >= 0.6 is 11.6 Å². The number of halogens is 1. The van der Waals surface area contributed by atoms with Crippen molar-refractivity contribution in [2.75, 3.05) is 7.11 Å². The van der Waals surface area contributed by atoms with Gasteiger partial charge in [0.15, 0.2) is 0 Å². The molecule has 0 heterocycles. The number of ether oxygens (including phenoxy) is 1. The van der Waals surface area contributed by atoms with Gasteiger partial charge in [0.05, 0.1) is 23.3 Å². The summed E-state index contributed by atoms with van der Waals surface area (Å²) in [4.78, 5) is 24.2. The molecule has 4 bridgehead atoms. The van der Waals surface area contributed by atoms with Crippen molar-refractivity contribution in [1.82, 2.24) is 0 Å². The van der Waals surface area contributed by atoms with Crippen molar-refractivity contribution in [2.45, 2.75) is 43.9 Å². The summed E-state index contributed by atoms with van der Waals surface area (Å²) in [7, 11) is 1.46. The summed E-state index contributed by atoms with van der Waals surface area (Å²) >= 11 is 6.38. The summed E-state index contributed by atoms with van der Waals surface area (Å²) in [6.45, 7) is 0. The Hall–Kier alpha value is -2.85. The average Bonchev–Trinajstić information content (AvgIpc) is 2.82. The first-order valence-electron chi connectivity index (χ1n) is 12.1. The van der Waals surface area contributed by atoms with Gasteiger partial charge >= 0.3 is 11.9 Å². The fraction of sp³-hybridized carbons (Fsp3) is 0.379. The number of hydrogen-bond donors (Lipinski definition) is 1. The van der Waals surface area contributed by atoms with Gasteiger partial charge in [-0.25, -0.2) is 9.59 Å². The second-order valence-corrected chi connectivity index (χ2v) is 11.0. The lowest BCUT2D eigenvalue weighted by Crippen LogP contribution is -2.49. The summed E-state index contributed by atoms with van der Waals surface area (Å²) in [6.07, 6.45) is 7.52. The SMILES string of the molecule is COC(=O)c1ccc(-c2ccc3c(Cl)c(C(=O)O)ccc3c2)cc1C12CC3CC(CC(C3)C1)C2. The van der Waals surface area contributed by atoms with Gasteiger partial charge in [0, 0.05) is 5.39 Å². The molecule has 4 saturated carbocycles. The van der Waals surface area contributed by atoms with Crippen molar-refractivity contribution in [1.29, 1.82) is 0 Å². The zero-order chi connectivity index (χ0) is 23.6. The van der Waals surface area contributed by atoms with Crippen LogP contribution < -0.4 is 0 Å². The van der Waals surface area contributed by atoms with E-state index in [0.29, 0.717) is 5.56 Å². The lowest BCUT2D eigenvalue weighted by Gasteiger charge is -2.57. The summed E-state index contributed by atoms with van der Waals surface area (Å²) in [5, 5.41) is 11.2. The van der Waals surface area contributed by atoms with Crippen LogP contribution in [-0.4, -0.2) is 24.2 Å².